The molecule has 4 heteroatoms. The highest BCUT2D eigenvalue weighted by Crippen LogP contribution is 2.34. The minimum absolute atomic E-state index is 0.330. The van der Waals surface area contributed by atoms with Crippen molar-refractivity contribution in [3.63, 3.8) is 0 Å². The van der Waals surface area contributed by atoms with Gasteiger partial charge in [0.25, 0.3) is 0 Å². The van der Waals surface area contributed by atoms with E-state index in [2.05, 4.69) is 4.98 Å². The number of carbonyl (C=O) groups is 1. The smallest absolute Gasteiger partial charge is 0.225 e. The fourth-order valence-corrected chi connectivity index (χ4v) is 3.00. The minimum atomic E-state index is 0.330. The van der Waals surface area contributed by atoms with E-state index in [-0.39, 0.29) is 0 Å². The first-order chi connectivity index (χ1) is 9.81. The molecule has 0 spiro atoms. The van der Waals surface area contributed by atoms with Gasteiger partial charge in [-0.25, -0.2) is 4.98 Å². The first-order valence-electron chi connectivity index (χ1n) is 7.45. The van der Waals surface area contributed by atoms with Gasteiger partial charge < -0.3 is 9.32 Å². The van der Waals surface area contributed by atoms with Gasteiger partial charge >= 0.3 is 0 Å². The van der Waals surface area contributed by atoms with Gasteiger partial charge in [-0.15, -0.1) is 0 Å². The van der Waals surface area contributed by atoms with Gasteiger partial charge in [-0.2, -0.15) is 0 Å². The highest BCUT2D eigenvalue weighted by molar-refractivity contribution is 5.81. The Morgan fingerprint density at radius 2 is 1.90 bits per heavy atom. The molecule has 2 aromatic rings. The molecule has 20 heavy (non-hydrogen) atoms. The number of oxazole rings is 1. The van der Waals surface area contributed by atoms with Crippen LogP contribution in [0.25, 0.3) is 11.1 Å². The number of piperidine rings is 1. The summed E-state index contributed by atoms with van der Waals surface area (Å²) in [5.74, 6) is 1.88. The largest absolute Gasteiger partial charge is 0.440 e. The van der Waals surface area contributed by atoms with Crippen LogP contribution in [-0.2, 0) is 4.79 Å². The van der Waals surface area contributed by atoms with Gasteiger partial charge in [0, 0.05) is 24.9 Å². The Kier molecular flexibility index (Phi) is 2.76. The molecular formula is C16H18N2O2. The molecule has 0 bridgehead atoms. The maximum atomic E-state index is 12.0. The maximum absolute atomic E-state index is 12.0. The Labute approximate surface area is 117 Å². The summed E-state index contributed by atoms with van der Waals surface area (Å²) in [6.45, 7) is 1.69. The van der Waals surface area contributed by atoms with Crippen molar-refractivity contribution in [1.82, 2.24) is 9.88 Å². The lowest BCUT2D eigenvalue weighted by molar-refractivity contribution is -0.133. The molecule has 104 valence electrons. The van der Waals surface area contributed by atoms with Crippen molar-refractivity contribution in [2.24, 2.45) is 5.92 Å². The zero-order valence-corrected chi connectivity index (χ0v) is 11.4. The number of amides is 1. The molecular weight excluding hydrogens is 252 g/mol. The van der Waals surface area contributed by atoms with E-state index < -0.39 is 0 Å². The number of likely N-dealkylation sites (tertiary alicyclic amines) is 1. The lowest BCUT2D eigenvalue weighted by Crippen LogP contribution is -2.38. The molecule has 2 aliphatic rings. The van der Waals surface area contributed by atoms with Gasteiger partial charge in [0.2, 0.25) is 5.91 Å². The van der Waals surface area contributed by atoms with Gasteiger partial charge in [-0.05, 0) is 37.8 Å². The van der Waals surface area contributed by atoms with Crippen molar-refractivity contribution in [3.8, 4) is 0 Å². The number of aromatic nitrogens is 1. The van der Waals surface area contributed by atoms with Gasteiger partial charge in [-0.3, -0.25) is 4.79 Å². The molecule has 0 unspecified atom stereocenters. The summed E-state index contributed by atoms with van der Waals surface area (Å²) < 4.78 is 5.85. The molecule has 2 heterocycles. The van der Waals surface area contributed by atoms with E-state index in [1.54, 1.807) is 0 Å². The van der Waals surface area contributed by atoms with Crippen LogP contribution < -0.4 is 0 Å². The average molecular weight is 270 g/mol. The van der Waals surface area contributed by atoms with Gasteiger partial charge in [0.05, 0.1) is 0 Å². The summed E-state index contributed by atoms with van der Waals surface area (Å²) in [7, 11) is 0. The molecule has 1 amide bonds. The van der Waals surface area contributed by atoms with E-state index in [1.807, 2.05) is 29.2 Å². The molecule has 0 N–H and O–H groups in total. The molecule has 1 saturated carbocycles. The van der Waals surface area contributed by atoms with Gasteiger partial charge in [-0.1, -0.05) is 12.1 Å². The molecule has 1 aliphatic carbocycles. The van der Waals surface area contributed by atoms with E-state index >= 15 is 0 Å². The number of fused-ring (bicyclic) bond motifs is 1. The molecule has 0 atom stereocenters. The third kappa shape index (κ3) is 2.09. The lowest BCUT2D eigenvalue weighted by Gasteiger charge is -2.30. The first-order valence-corrected chi connectivity index (χ1v) is 7.45. The number of benzene rings is 1. The van der Waals surface area contributed by atoms with E-state index in [1.165, 1.54) is 0 Å². The highest BCUT2D eigenvalue weighted by Gasteiger charge is 2.35. The minimum Gasteiger partial charge on any atom is -0.440 e. The second kappa shape index (κ2) is 4.62. The third-order valence-corrected chi connectivity index (χ3v) is 4.39. The Morgan fingerprint density at radius 1 is 1.15 bits per heavy atom. The molecule has 4 nitrogen and oxygen atoms in total. The molecule has 1 saturated heterocycles. The SMILES string of the molecule is O=C(C1CC1)N1CCC(c2nc3ccccc3o2)CC1. The number of hydrogen-bond acceptors (Lipinski definition) is 3. The van der Waals surface area contributed by atoms with Crippen molar-refractivity contribution >= 4 is 17.0 Å². The van der Waals surface area contributed by atoms with Crippen LogP contribution in [0.15, 0.2) is 28.7 Å². The standard InChI is InChI=1S/C16H18N2O2/c19-16(12-5-6-12)18-9-7-11(8-10-18)15-17-13-3-1-2-4-14(13)20-15/h1-4,11-12H,5-10H2. The van der Waals surface area contributed by atoms with Crippen molar-refractivity contribution < 1.29 is 9.21 Å². The maximum Gasteiger partial charge on any atom is 0.225 e. The number of nitrogens with zero attached hydrogens (tertiary/aromatic N) is 2. The molecule has 2 fully saturated rings. The monoisotopic (exact) mass is 270 g/mol. The summed E-state index contributed by atoms with van der Waals surface area (Å²) in [5, 5.41) is 0. The number of carbonyl (C=O) groups excluding carboxylic acids is 1. The zero-order valence-electron chi connectivity index (χ0n) is 11.4. The number of para-hydroxylation sites is 2. The molecule has 0 radical (unpaired) electrons. The zero-order chi connectivity index (χ0) is 13.5. The Morgan fingerprint density at radius 3 is 2.60 bits per heavy atom. The normalized spacial score (nSPS) is 20.5. The summed E-state index contributed by atoms with van der Waals surface area (Å²) in [6, 6.07) is 7.88. The fraction of sp³-hybridized carbons (Fsp3) is 0.500. The Balaban J connectivity index is 1.46. The van der Waals surface area contributed by atoms with Crippen LogP contribution >= 0.6 is 0 Å². The predicted octanol–water partition coefficient (Wildman–Crippen LogP) is 2.94. The van der Waals surface area contributed by atoms with Crippen LogP contribution in [0.1, 0.15) is 37.5 Å². The molecule has 1 aromatic heterocycles. The predicted molar refractivity (Wildman–Crippen MR) is 75.3 cm³/mol. The van der Waals surface area contributed by atoms with E-state index in [0.29, 0.717) is 17.7 Å². The van der Waals surface area contributed by atoms with Crippen LogP contribution in [-0.4, -0.2) is 28.9 Å². The average Bonchev–Trinajstić information content (AvgIpc) is 3.25. The van der Waals surface area contributed by atoms with E-state index in [4.69, 9.17) is 4.42 Å². The summed E-state index contributed by atoms with van der Waals surface area (Å²) in [4.78, 5) is 18.6. The summed E-state index contributed by atoms with van der Waals surface area (Å²) in [6.07, 6.45) is 4.10. The Bertz CT molecular complexity index is 604. The van der Waals surface area contributed by atoms with Crippen molar-refractivity contribution in [3.05, 3.63) is 30.2 Å². The second-order valence-electron chi connectivity index (χ2n) is 5.89. The van der Waals surface area contributed by atoms with Crippen LogP contribution in [0.4, 0.5) is 0 Å². The first kappa shape index (κ1) is 11.9. The van der Waals surface area contributed by atoms with E-state index in [0.717, 1.165) is 55.8 Å². The summed E-state index contributed by atoms with van der Waals surface area (Å²) >= 11 is 0. The quantitative estimate of drug-likeness (QED) is 0.843. The van der Waals surface area contributed by atoms with Crippen LogP contribution in [0.2, 0.25) is 0 Å². The second-order valence-corrected chi connectivity index (χ2v) is 5.89. The number of rotatable bonds is 2. The van der Waals surface area contributed by atoms with Crippen molar-refractivity contribution in [1.29, 1.82) is 0 Å². The highest BCUT2D eigenvalue weighted by atomic mass is 16.3. The topological polar surface area (TPSA) is 46.3 Å². The summed E-state index contributed by atoms with van der Waals surface area (Å²) in [5.41, 5.74) is 1.79. The van der Waals surface area contributed by atoms with Crippen LogP contribution in [0, 0.1) is 5.92 Å². The van der Waals surface area contributed by atoms with Crippen molar-refractivity contribution in [2.75, 3.05) is 13.1 Å². The number of hydrogen-bond donors (Lipinski definition) is 0. The lowest BCUT2D eigenvalue weighted by atomic mass is 9.96. The third-order valence-electron chi connectivity index (χ3n) is 4.39. The van der Waals surface area contributed by atoms with Crippen LogP contribution in [0.3, 0.4) is 0 Å². The Hall–Kier alpha value is -1.84. The molecule has 1 aliphatic heterocycles. The van der Waals surface area contributed by atoms with Gasteiger partial charge in [0.1, 0.15) is 5.52 Å². The van der Waals surface area contributed by atoms with E-state index in [9.17, 15) is 4.79 Å². The molecule has 1 aromatic carbocycles. The molecule has 4 rings (SSSR count). The van der Waals surface area contributed by atoms with Crippen LogP contribution in [0.5, 0.6) is 0 Å². The van der Waals surface area contributed by atoms with Crippen molar-refractivity contribution in [2.45, 2.75) is 31.6 Å². The fourth-order valence-electron chi connectivity index (χ4n) is 3.00. The van der Waals surface area contributed by atoms with Gasteiger partial charge in [0.15, 0.2) is 11.5 Å².